The molecule has 2 rings (SSSR count). The van der Waals surface area contributed by atoms with Gasteiger partial charge in [-0.25, -0.2) is 8.42 Å². The molecule has 0 aromatic heterocycles. The highest BCUT2D eigenvalue weighted by Gasteiger charge is 2.28. The average Bonchev–Trinajstić information content (AvgIpc) is 2.46. The Bertz CT molecular complexity index is 587. The maximum Gasteiger partial charge on any atom is 0.239 e. The molecule has 1 heterocycles. The van der Waals surface area contributed by atoms with E-state index in [1.54, 1.807) is 4.90 Å². The van der Waals surface area contributed by atoms with Crippen molar-refractivity contribution in [1.82, 2.24) is 9.21 Å². The molecule has 8 heteroatoms. The molecule has 1 saturated heterocycles. The van der Waals surface area contributed by atoms with Crippen molar-refractivity contribution in [3.05, 3.63) is 35.9 Å². The summed E-state index contributed by atoms with van der Waals surface area (Å²) in [6.45, 7) is 1.47. The highest BCUT2D eigenvalue weighted by molar-refractivity contribution is 7.88. The average molecular weight is 348 g/mol. The lowest BCUT2D eigenvalue weighted by Crippen LogP contribution is -2.54. The summed E-state index contributed by atoms with van der Waals surface area (Å²) >= 11 is 0. The van der Waals surface area contributed by atoms with E-state index in [4.69, 9.17) is 5.73 Å². The molecular formula is C14H22ClN3O3S. The fourth-order valence-electron chi connectivity index (χ4n) is 2.43. The molecule has 1 amide bonds. The molecule has 0 spiro atoms. The zero-order valence-electron chi connectivity index (χ0n) is 12.5. The summed E-state index contributed by atoms with van der Waals surface area (Å²) in [6.07, 6.45) is 1.68. The molecule has 1 aromatic rings. The molecule has 0 radical (unpaired) electrons. The number of benzene rings is 1. The summed E-state index contributed by atoms with van der Waals surface area (Å²) in [7, 11) is -3.18. The highest BCUT2D eigenvalue weighted by atomic mass is 35.5. The van der Waals surface area contributed by atoms with Crippen molar-refractivity contribution in [2.75, 3.05) is 32.4 Å². The normalized spacial score (nSPS) is 17.6. The standard InChI is InChI=1S/C14H21N3O3S.ClH/c1-21(19,20)17-9-7-16(8-10-17)14(18)13(15)11-12-5-3-2-4-6-12;/h2-6,13H,7-11,15H2,1H3;1H/t13-;/m0./s1. The van der Waals surface area contributed by atoms with E-state index < -0.39 is 16.1 Å². The second-order valence-electron chi connectivity index (χ2n) is 5.28. The van der Waals surface area contributed by atoms with Crippen LogP contribution in [-0.2, 0) is 21.2 Å². The van der Waals surface area contributed by atoms with Crippen molar-refractivity contribution in [2.24, 2.45) is 5.73 Å². The van der Waals surface area contributed by atoms with Gasteiger partial charge in [-0.05, 0) is 12.0 Å². The van der Waals surface area contributed by atoms with E-state index in [1.165, 1.54) is 10.6 Å². The van der Waals surface area contributed by atoms with Gasteiger partial charge >= 0.3 is 0 Å². The molecule has 1 aliphatic heterocycles. The maximum absolute atomic E-state index is 12.3. The smallest absolute Gasteiger partial charge is 0.239 e. The van der Waals surface area contributed by atoms with E-state index >= 15 is 0 Å². The molecule has 1 aliphatic rings. The van der Waals surface area contributed by atoms with Crippen molar-refractivity contribution in [1.29, 1.82) is 0 Å². The molecule has 1 aromatic carbocycles. The molecule has 2 N–H and O–H groups in total. The lowest BCUT2D eigenvalue weighted by Gasteiger charge is -2.34. The largest absolute Gasteiger partial charge is 0.339 e. The van der Waals surface area contributed by atoms with E-state index in [2.05, 4.69) is 0 Å². The van der Waals surface area contributed by atoms with E-state index in [0.717, 1.165) is 5.56 Å². The number of carbonyl (C=O) groups excluding carboxylic acids is 1. The second-order valence-corrected chi connectivity index (χ2v) is 7.27. The molecule has 124 valence electrons. The number of nitrogens with two attached hydrogens (primary N) is 1. The third-order valence-electron chi connectivity index (χ3n) is 3.63. The van der Waals surface area contributed by atoms with Crippen LogP contribution >= 0.6 is 12.4 Å². The number of piperazine rings is 1. The Hall–Kier alpha value is -1.15. The van der Waals surface area contributed by atoms with Gasteiger partial charge in [-0.2, -0.15) is 4.31 Å². The number of sulfonamides is 1. The first-order valence-corrected chi connectivity index (χ1v) is 8.76. The zero-order chi connectivity index (χ0) is 15.5. The van der Waals surface area contributed by atoms with E-state index in [-0.39, 0.29) is 18.3 Å². The number of rotatable bonds is 4. The minimum absolute atomic E-state index is 0. The summed E-state index contributed by atoms with van der Waals surface area (Å²) in [5.74, 6) is -0.119. The fourth-order valence-corrected chi connectivity index (χ4v) is 3.26. The van der Waals surface area contributed by atoms with Gasteiger partial charge in [0.2, 0.25) is 15.9 Å². The number of hydrogen-bond donors (Lipinski definition) is 1. The molecule has 0 saturated carbocycles. The molecule has 1 atom stereocenters. The van der Waals surface area contributed by atoms with Gasteiger partial charge in [-0.15, -0.1) is 12.4 Å². The van der Waals surface area contributed by atoms with Crippen molar-refractivity contribution in [3.63, 3.8) is 0 Å². The zero-order valence-corrected chi connectivity index (χ0v) is 14.1. The predicted octanol–water partition coefficient (Wildman–Crippen LogP) is 0.0820. The van der Waals surface area contributed by atoms with Gasteiger partial charge in [-0.3, -0.25) is 4.79 Å². The van der Waals surface area contributed by atoms with Crippen LogP contribution in [0.15, 0.2) is 30.3 Å². The molecule has 0 unspecified atom stereocenters. The van der Waals surface area contributed by atoms with Crippen molar-refractivity contribution < 1.29 is 13.2 Å². The molecule has 0 bridgehead atoms. The number of hydrogen-bond acceptors (Lipinski definition) is 4. The van der Waals surface area contributed by atoms with Crippen LogP contribution in [0.4, 0.5) is 0 Å². The quantitative estimate of drug-likeness (QED) is 0.836. The van der Waals surface area contributed by atoms with Crippen molar-refractivity contribution >= 4 is 28.3 Å². The Balaban J connectivity index is 0.00000242. The van der Waals surface area contributed by atoms with Gasteiger partial charge in [0.1, 0.15) is 0 Å². The van der Waals surface area contributed by atoms with Gasteiger partial charge in [0.15, 0.2) is 0 Å². The van der Waals surface area contributed by atoms with Crippen LogP contribution in [0.3, 0.4) is 0 Å². The van der Waals surface area contributed by atoms with E-state index in [9.17, 15) is 13.2 Å². The second kappa shape index (κ2) is 7.92. The molecule has 22 heavy (non-hydrogen) atoms. The summed E-state index contributed by atoms with van der Waals surface area (Å²) in [5.41, 5.74) is 7.00. The van der Waals surface area contributed by atoms with E-state index in [1.807, 2.05) is 30.3 Å². The molecule has 6 nitrogen and oxygen atoms in total. The van der Waals surface area contributed by atoms with Crippen LogP contribution in [0.1, 0.15) is 5.56 Å². The Labute approximate surface area is 137 Å². The lowest BCUT2D eigenvalue weighted by molar-refractivity contribution is -0.133. The van der Waals surface area contributed by atoms with Crippen LogP contribution in [0.5, 0.6) is 0 Å². The number of halogens is 1. The van der Waals surface area contributed by atoms with Crippen LogP contribution < -0.4 is 5.73 Å². The highest BCUT2D eigenvalue weighted by Crippen LogP contribution is 2.09. The minimum Gasteiger partial charge on any atom is -0.339 e. The van der Waals surface area contributed by atoms with Crippen molar-refractivity contribution in [3.8, 4) is 0 Å². The van der Waals surface area contributed by atoms with Gasteiger partial charge in [0.25, 0.3) is 0 Å². The van der Waals surface area contributed by atoms with Gasteiger partial charge in [0, 0.05) is 26.2 Å². The Morgan fingerprint density at radius 1 is 1.18 bits per heavy atom. The number of carbonyl (C=O) groups is 1. The van der Waals surface area contributed by atoms with Crippen LogP contribution in [0.25, 0.3) is 0 Å². The first-order valence-electron chi connectivity index (χ1n) is 6.91. The minimum atomic E-state index is -3.18. The molecular weight excluding hydrogens is 326 g/mol. The topological polar surface area (TPSA) is 83.7 Å². The van der Waals surface area contributed by atoms with Crippen molar-refractivity contribution in [2.45, 2.75) is 12.5 Å². The van der Waals surface area contributed by atoms with E-state index in [0.29, 0.717) is 32.6 Å². The summed E-state index contributed by atoms with van der Waals surface area (Å²) in [5, 5.41) is 0. The lowest BCUT2D eigenvalue weighted by atomic mass is 10.1. The fraction of sp³-hybridized carbons (Fsp3) is 0.500. The summed E-state index contributed by atoms with van der Waals surface area (Å²) < 4.78 is 24.3. The molecule has 1 fully saturated rings. The van der Waals surface area contributed by atoms with Crippen LogP contribution in [0, 0.1) is 0 Å². The molecule has 0 aliphatic carbocycles. The Morgan fingerprint density at radius 2 is 1.73 bits per heavy atom. The predicted molar refractivity (Wildman–Crippen MR) is 88.4 cm³/mol. The number of nitrogens with zero attached hydrogens (tertiary/aromatic N) is 2. The van der Waals surface area contributed by atoms with Gasteiger partial charge < -0.3 is 10.6 Å². The maximum atomic E-state index is 12.3. The third-order valence-corrected chi connectivity index (χ3v) is 4.94. The summed E-state index contributed by atoms with van der Waals surface area (Å²) in [6, 6.07) is 9.04. The SMILES string of the molecule is CS(=O)(=O)N1CCN(C(=O)[C@@H](N)Cc2ccccc2)CC1.Cl. The first-order chi connectivity index (χ1) is 9.88. The van der Waals surface area contributed by atoms with Gasteiger partial charge in [0.05, 0.1) is 12.3 Å². The third kappa shape index (κ3) is 4.95. The first kappa shape index (κ1) is 18.9. The summed E-state index contributed by atoms with van der Waals surface area (Å²) in [4.78, 5) is 13.9. The van der Waals surface area contributed by atoms with Crippen LogP contribution in [-0.4, -0.2) is 62.0 Å². The number of amides is 1. The Morgan fingerprint density at radius 3 is 2.23 bits per heavy atom. The van der Waals surface area contributed by atoms with Gasteiger partial charge in [-0.1, -0.05) is 30.3 Å². The van der Waals surface area contributed by atoms with Crippen LogP contribution in [0.2, 0.25) is 0 Å². The Kier molecular flexibility index (Phi) is 6.80. The monoisotopic (exact) mass is 347 g/mol.